The molecule has 2 rings (SSSR count). The molecule has 0 aliphatic heterocycles. The minimum atomic E-state index is 0.170. The van der Waals surface area contributed by atoms with Gasteiger partial charge in [-0.2, -0.15) is 0 Å². The van der Waals surface area contributed by atoms with Gasteiger partial charge in [0.2, 0.25) is 0 Å². The lowest BCUT2D eigenvalue weighted by Gasteiger charge is -2.19. The summed E-state index contributed by atoms with van der Waals surface area (Å²) in [6.45, 7) is 4.15. The Balaban J connectivity index is 2.28. The van der Waals surface area contributed by atoms with Crippen LogP contribution in [0.15, 0.2) is 46.9 Å². The molecule has 4 heteroatoms. The first-order valence-corrected chi connectivity index (χ1v) is 7.60. The van der Waals surface area contributed by atoms with Gasteiger partial charge in [-0.25, -0.2) is 0 Å². The van der Waals surface area contributed by atoms with Gasteiger partial charge in [-0.3, -0.25) is 0 Å². The van der Waals surface area contributed by atoms with Crippen LogP contribution in [0.25, 0.3) is 0 Å². The van der Waals surface area contributed by atoms with Crippen LogP contribution < -0.4 is 11.1 Å². The molecule has 20 heavy (non-hydrogen) atoms. The van der Waals surface area contributed by atoms with Crippen molar-refractivity contribution in [3.05, 3.63) is 63.6 Å². The zero-order chi connectivity index (χ0) is 14.7. The van der Waals surface area contributed by atoms with Crippen LogP contribution in [0.4, 0.5) is 5.69 Å². The molecule has 0 heterocycles. The maximum Gasteiger partial charge on any atom is 0.106 e. The van der Waals surface area contributed by atoms with E-state index < -0.39 is 0 Å². The third-order valence-electron chi connectivity index (χ3n) is 3.16. The van der Waals surface area contributed by atoms with Gasteiger partial charge in [0, 0.05) is 21.8 Å². The van der Waals surface area contributed by atoms with Gasteiger partial charge in [0.25, 0.3) is 0 Å². The first-order valence-electron chi connectivity index (χ1n) is 6.40. The van der Waals surface area contributed by atoms with Crippen LogP contribution in [-0.2, 0) is 0 Å². The van der Waals surface area contributed by atoms with Crippen molar-refractivity contribution in [3.63, 3.8) is 0 Å². The summed E-state index contributed by atoms with van der Waals surface area (Å²) in [5.74, 6) is 0. The first-order chi connectivity index (χ1) is 9.47. The van der Waals surface area contributed by atoms with Crippen molar-refractivity contribution in [3.8, 4) is 0 Å². The van der Waals surface area contributed by atoms with Crippen molar-refractivity contribution in [2.45, 2.75) is 19.9 Å². The average Bonchev–Trinajstić information content (AvgIpc) is 2.40. The van der Waals surface area contributed by atoms with Gasteiger partial charge in [0.1, 0.15) is 4.99 Å². The van der Waals surface area contributed by atoms with E-state index in [0.29, 0.717) is 4.99 Å². The Labute approximate surface area is 133 Å². The number of halogens is 1. The molecule has 0 saturated carbocycles. The molecule has 1 atom stereocenters. The minimum Gasteiger partial charge on any atom is -0.389 e. The van der Waals surface area contributed by atoms with E-state index >= 15 is 0 Å². The molecule has 0 spiro atoms. The molecule has 3 N–H and O–H groups in total. The normalized spacial score (nSPS) is 11.9. The maximum atomic E-state index is 5.81. The molecule has 104 valence electrons. The van der Waals surface area contributed by atoms with E-state index in [1.54, 1.807) is 0 Å². The summed E-state index contributed by atoms with van der Waals surface area (Å²) in [4.78, 5) is 0.414. The van der Waals surface area contributed by atoms with Gasteiger partial charge in [0.15, 0.2) is 0 Å². The van der Waals surface area contributed by atoms with E-state index in [2.05, 4.69) is 46.4 Å². The van der Waals surface area contributed by atoms with E-state index in [4.69, 9.17) is 18.0 Å². The smallest absolute Gasteiger partial charge is 0.106 e. The highest BCUT2D eigenvalue weighted by Crippen LogP contribution is 2.25. The molecule has 0 aromatic heterocycles. The monoisotopic (exact) mass is 348 g/mol. The molecular formula is C16H17BrN2S. The van der Waals surface area contributed by atoms with Crippen LogP contribution in [0, 0.1) is 6.92 Å². The Morgan fingerprint density at radius 1 is 1.25 bits per heavy atom. The predicted octanol–water partition coefficient (Wildman–Crippen LogP) is 4.56. The van der Waals surface area contributed by atoms with Gasteiger partial charge in [-0.1, -0.05) is 51.9 Å². The lowest BCUT2D eigenvalue weighted by Crippen LogP contribution is -2.15. The lowest BCUT2D eigenvalue weighted by molar-refractivity contribution is 0.883. The van der Waals surface area contributed by atoms with E-state index in [1.807, 2.05) is 31.2 Å². The topological polar surface area (TPSA) is 38.0 Å². The van der Waals surface area contributed by atoms with E-state index in [-0.39, 0.29) is 6.04 Å². The molecule has 0 fully saturated rings. The van der Waals surface area contributed by atoms with Crippen LogP contribution in [0.3, 0.4) is 0 Å². The number of rotatable bonds is 4. The molecule has 2 aromatic carbocycles. The fourth-order valence-corrected chi connectivity index (χ4v) is 2.67. The lowest BCUT2D eigenvalue weighted by atomic mass is 10.1. The van der Waals surface area contributed by atoms with E-state index in [1.165, 1.54) is 5.56 Å². The third-order valence-corrected chi connectivity index (χ3v) is 3.87. The molecular weight excluding hydrogens is 332 g/mol. The summed E-state index contributed by atoms with van der Waals surface area (Å²) in [5, 5.41) is 3.47. The summed E-state index contributed by atoms with van der Waals surface area (Å²) in [5.41, 5.74) is 10.0. The number of benzene rings is 2. The van der Waals surface area contributed by atoms with Crippen molar-refractivity contribution in [2.24, 2.45) is 5.73 Å². The predicted molar refractivity (Wildman–Crippen MR) is 93.2 cm³/mol. The van der Waals surface area contributed by atoms with Crippen molar-refractivity contribution in [1.29, 1.82) is 0 Å². The summed E-state index contributed by atoms with van der Waals surface area (Å²) in [6.07, 6.45) is 0. The number of hydrogen-bond donors (Lipinski definition) is 2. The highest BCUT2D eigenvalue weighted by atomic mass is 79.9. The summed E-state index contributed by atoms with van der Waals surface area (Å²) in [7, 11) is 0. The van der Waals surface area contributed by atoms with E-state index in [0.717, 1.165) is 21.3 Å². The minimum absolute atomic E-state index is 0.170. The Morgan fingerprint density at radius 3 is 2.65 bits per heavy atom. The molecule has 0 aliphatic rings. The maximum absolute atomic E-state index is 5.81. The molecule has 1 unspecified atom stereocenters. The fourth-order valence-electron chi connectivity index (χ4n) is 2.08. The Hall–Kier alpha value is -1.39. The molecule has 2 aromatic rings. The summed E-state index contributed by atoms with van der Waals surface area (Å²) >= 11 is 8.62. The van der Waals surface area contributed by atoms with Gasteiger partial charge < -0.3 is 11.1 Å². The molecule has 0 amide bonds. The Kier molecular flexibility index (Phi) is 4.78. The van der Waals surface area contributed by atoms with E-state index in [9.17, 15) is 0 Å². The van der Waals surface area contributed by atoms with Crippen molar-refractivity contribution in [1.82, 2.24) is 0 Å². The standard InChI is InChI=1S/C16H17BrN2S/c1-10-6-7-15(14(8-10)16(18)20)19-11(2)12-4-3-5-13(17)9-12/h3-9,11,19H,1-2H3,(H2,18,20). The summed E-state index contributed by atoms with van der Waals surface area (Å²) in [6, 6.07) is 14.5. The highest BCUT2D eigenvalue weighted by Gasteiger charge is 2.10. The quantitative estimate of drug-likeness (QED) is 0.795. The Morgan fingerprint density at radius 2 is 2.00 bits per heavy atom. The van der Waals surface area contributed by atoms with Gasteiger partial charge in [-0.05, 0) is 43.7 Å². The number of aryl methyl sites for hydroxylation is 1. The molecule has 0 bridgehead atoms. The average molecular weight is 349 g/mol. The summed E-state index contributed by atoms with van der Waals surface area (Å²) < 4.78 is 1.07. The van der Waals surface area contributed by atoms with Crippen molar-refractivity contribution < 1.29 is 0 Å². The number of nitrogens with one attached hydrogen (secondary N) is 1. The van der Waals surface area contributed by atoms with Crippen LogP contribution in [-0.4, -0.2) is 4.99 Å². The zero-order valence-corrected chi connectivity index (χ0v) is 13.9. The second kappa shape index (κ2) is 6.37. The second-order valence-electron chi connectivity index (χ2n) is 4.83. The zero-order valence-electron chi connectivity index (χ0n) is 11.5. The van der Waals surface area contributed by atoms with Crippen molar-refractivity contribution in [2.75, 3.05) is 5.32 Å². The molecule has 0 aliphatic carbocycles. The van der Waals surface area contributed by atoms with Crippen LogP contribution in [0.1, 0.15) is 29.7 Å². The SMILES string of the molecule is Cc1ccc(NC(C)c2cccc(Br)c2)c(C(N)=S)c1. The number of anilines is 1. The highest BCUT2D eigenvalue weighted by molar-refractivity contribution is 9.10. The van der Waals surface area contributed by atoms with Gasteiger partial charge >= 0.3 is 0 Å². The fraction of sp³-hybridized carbons (Fsp3) is 0.188. The van der Waals surface area contributed by atoms with Crippen LogP contribution >= 0.6 is 28.1 Å². The molecule has 0 radical (unpaired) electrons. The Bertz CT molecular complexity index is 640. The van der Waals surface area contributed by atoms with Crippen molar-refractivity contribution >= 4 is 38.8 Å². The van der Waals surface area contributed by atoms with Crippen LogP contribution in [0.5, 0.6) is 0 Å². The first kappa shape index (κ1) is 15.0. The number of thiocarbonyl (C=S) groups is 1. The second-order valence-corrected chi connectivity index (χ2v) is 6.19. The molecule has 0 saturated heterocycles. The molecule has 2 nitrogen and oxygen atoms in total. The van der Waals surface area contributed by atoms with Gasteiger partial charge in [0.05, 0.1) is 0 Å². The van der Waals surface area contributed by atoms with Crippen LogP contribution in [0.2, 0.25) is 0 Å². The number of hydrogen-bond acceptors (Lipinski definition) is 2. The number of nitrogens with two attached hydrogens (primary N) is 1. The third kappa shape index (κ3) is 3.58. The van der Waals surface area contributed by atoms with Gasteiger partial charge in [-0.15, -0.1) is 0 Å². The largest absolute Gasteiger partial charge is 0.389 e.